The van der Waals surface area contributed by atoms with Gasteiger partial charge in [-0.3, -0.25) is 4.79 Å². The summed E-state index contributed by atoms with van der Waals surface area (Å²) < 4.78 is 5.62. The predicted molar refractivity (Wildman–Crippen MR) is 137 cm³/mol. The molecular formula is C23H23N5O3S3. The van der Waals surface area contributed by atoms with Crippen molar-refractivity contribution in [3.05, 3.63) is 55.5 Å². The fourth-order valence-electron chi connectivity index (χ4n) is 3.50. The number of anilines is 2. The van der Waals surface area contributed by atoms with E-state index in [-0.39, 0.29) is 12.0 Å². The molecule has 0 saturated carbocycles. The molecule has 0 radical (unpaired) electrons. The molecule has 0 saturated heterocycles. The van der Waals surface area contributed by atoms with Crippen molar-refractivity contribution in [3.63, 3.8) is 0 Å². The number of hydrogen-bond donors (Lipinski definition) is 2. The van der Waals surface area contributed by atoms with E-state index in [0.29, 0.717) is 36.4 Å². The zero-order valence-electron chi connectivity index (χ0n) is 18.7. The Morgan fingerprint density at radius 1 is 1.38 bits per heavy atom. The number of carbonyl (C=O) groups is 2. The number of rotatable bonds is 7. The van der Waals surface area contributed by atoms with E-state index in [4.69, 9.17) is 4.74 Å². The van der Waals surface area contributed by atoms with Gasteiger partial charge < -0.3 is 20.3 Å². The van der Waals surface area contributed by atoms with Gasteiger partial charge in [-0.2, -0.15) is 5.26 Å². The summed E-state index contributed by atoms with van der Waals surface area (Å²) in [7, 11) is 3.84. The SMILES string of the molecule is CN(C)c1ncc(CNC(=O)OC2CCc3c(sc(NC(=O)C=Cc4cccs4)c3C#N)C2)s1. The van der Waals surface area contributed by atoms with Crippen molar-refractivity contribution in [1.29, 1.82) is 5.26 Å². The van der Waals surface area contributed by atoms with E-state index >= 15 is 0 Å². The molecule has 3 heterocycles. The van der Waals surface area contributed by atoms with Crippen molar-refractivity contribution in [2.45, 2.75) is 31.9 Å². The van der Waals surface area contributed by atoms with Crippen LogP contribution < -0.4 is 15.5 Å². The first kappa shape index (κ1) is 23.9. The van der Waals surface area contributed by atoms with Crippen LogP contribution in [0.2, 0.25) is 0 Å². The fraction of sp³-hybridized carbons (Fsp3) is 0.304. The van der Waals surface area contributed by atoms with E-state index < -0.39 is 6.09 Å². The number of nitrogens with one attached hydrogen (secondary N) is 2. The third-order valence-corrected chi connectivity index (χ3v) is 8.29. The summed E-state index contributed by atoms with van der Waals surface area (Å²) in [5.41, 5.74) is 1.44. The van der Waals surface area contributed by atoms with Crippen LogP contribution in [0, 0.1) is 11.3 Å². The Bertz CT molecular complexity index is 1240. The number of nitrogens with zero attached hydrogens (tertiary/aromatic N) is 3. The molecule has 4 rings (SSSR count). The Balaban J connectivity index is 1.33. The number of thiophene rings is 2. The van der Waals surface area contributed by atoms with Crippen molar-refractivity contribution in [3.8, 4) is 6.07 Å². The average molecular weight is 514 g/mol. The Labute approximate surface area is 209 Å². The zero-order chi connectivity index (χ0) is 24.1. The summed E-state index contributed by atoms with van der Waals surface area (Å²) in [5, 5.41) is 18.6. The first-order chi connectivity index (χ1) is 16.4. The lowest BCUT2D eigenvalue weighted by atomic mass is 9.94. The van der Waals surface area contributed by atoms with Crippen molar-refractivity contribution < 1.29 is 14.3 Å². The third-order valence-electron chi connectivity index (χ3n) is 5.12. The van der Waals surface area contributed by atoms with Crippen LogP contribution in [0.15, 0.2) is 29.8 Å². The highest BCUT2D eigenvalue weighted by atomic mass is 32.1. The number of nitriles is 1. The molecule has 2 N–H and O–H groups in total. The number of hydrogen-bond acceptors (Lipinski definition) is 9. The molecule has 0 aromatic carbocycles. The number of ether oxygens (including phenoxy) is 1. The van der Waals surface area contributed by atoms with E-state index in [1.165, 1.54) is 28.7 Å². The van der Waals surface area contributed by atoms with Crippen molar-refractivity contribution in [1.82, 2.24) is 10.3 Å². The molecule has 0 aliphatic heterocycles. The lowest BCUT2D eigenvalue weighted by Crippen LogP contribution is -2.31. The van der Waals surface area contributed by atoms with Gasteiger partial charge >= 0.3 is 6.09 Å². The number of fused-ring (bicyclic) bond motifs is 1. The van der Waals surface area contributed by atoms with E-state index in [1.807, 2.05) is 36.5 Å². The van der Waals surface area contributed by atoms with E-state index in [2.05, 4.69) is 21.7 Å². The Hall–Kier alpha value is -3.20. The molecule has 0 spiro atoms. The van der Waals surface area contributed by atoms with Gasteiger partial charge in [0.15, 0.2) is 5.13 Å². The minimum absolute atomic E-state index is 0.279. The van der Waals surface area contributed by atoms with Gasteiger partial charge in [0, 0.05) is 47.4 Å². The van der Waals surface area contributed by atoms with Crippen LogP contribution in [0.5, 0.6) is 0 Å². The molecule has 3 aromatic rings. The maximum Gasteiger partial charge on any atom is 0.407 e. The lowest BCUT2D eigenvalue weighted by Gasteiger charge is -2.22. The maximum absolute atomic E-state index is 12.3. The zero-order valence-corrected chi connectivity index (χ0v) is 21.1. The molecule has 11 heteroatoms. The summed E-state index contributed by atoms with van der Waals surface area (Å²) >= 11 is 4.43. The van der Waals surface area contributed by atoms with Crippen LogP contribution in [0.3, 0.4) is 0 Å². The highest BCUT2D eigenvalue weighted by molar-refractivity contribution is 7.16. The molecule has 1 unspecified atom stereocenters. The smallest absolute Gasteiger partial charge is 0.407 e. The lowest BCUT2D eigenvalue weighted by molar-refractivity contribution is -0.111. The largest absolute Gasteiger partial charge is 0.446 e. The molecule has 1 aliphatic rings. The quantitative estimate of drug-likeness (QED) is 0.446. The highest BCUT2D eigenvalue weighted by Crippen LogP contribution is 2.38. The second-order valence-electron chi connectivity index (χ2n) is 7.78. The first-order valence-electron chi connectivity index (χ1n) is 10.6. The molecule has 3 aromatic heterocycles. The second kappa shape index (κ2) is 10.8. The molecular weight excluding hydrogens is 490 g/mol. The molecule has 1 aliphatic carbocycles. The van der Waals surface area contributed by atoms with Gasteiger partial charge in [0.2, 0.25) is 5.91 Å². The van der Waals surface area contributed by atoms with Crippen molar-refractivity contribution in [2.24, 2.45) is 0 Å². The van der Waals surface area contributed by atoms with Crippen molar-refractivity contribution >= 4 is 62.2 Å². The Morgan fingerprint density at radius 3 is 2.94 bits per heavy atom. The van der Waals surface area contributed by atoms with Gasteiger partial charge in [-0.15, -0.1) is 34.0 Å². The maximum atomic E-state index is 12.3. The third kappa shape index (κ3) is 5.83. The van der Waals surface area contributed by atoms with Crippen LogP contribution >= 0.6 is 34.0 Å². The van der Waals surface area contributed by atoms with Gasteiger partial charge in [-0.25, -0.2) is 9.78 Å². The van der Waals surface area contributed by atoms with Gasteiger partial charge in [-0.1, -0.05) is 6.07 Å². The second-order valence-corrected chi connectivity index (χ2v) is 11.0. The highest BCUT2D eigenvalue weighted by Gasteiger charge is 2.28. The van der Waals surface area contributed by atoms with E-state index in [1.54, 1.807) is 23.6 Å². The van der Waals surface area contributed by atoms with Gasteiger partial charge in [-0.05, 0) is 35.9 Å². The van der Waals surface area contributed by atoms with Gasteiger partial charge in [0.1, 0.15) is 17.2 Å². The van der Waals surface area contributed by atoms with Gasteiger partial charge in [0.25, 0.3) is 0 Å². The summed E-state index contributed by atoms with van der Waals surface area (Å²) in [4.78, 5) is 33.8. The average Bonchev–Trinajstić information content (AvgIpc) is 3.55. The number of aromatic nitrogens is 1. The normalized spacial score (nSPS) is 14.9. The van der Waals surface area contributed by atoms with Crippen LogP contribution in [-0.2, 0) is 28.9 Å². The fourth-order valence-corrected chi connectivity index (χ4v) is 6.15. The first-order valence-corrected chi connectivity index (χ1v) is 13.1. The molecule has 0 bridgehead atoms. The standard InChI is InChI=1S/C23H23N5O3S3/c1-28(2)22-25-12-16(33-22)13-26-23(30)31-14-5-7-17-18(11-24)21(34-19(17)10-14)27-20(29)8-6-15-4-3-9-32-15/h3-4,6,8-9,12,14H,5,7,10,13H2,1-2H3,(H,26,30)(H,27,29). The Kier molecular flexibility index (Phi) is 7.62. The summed E-state index contributed by atoms with van der Waals surface area (Å²) in [5.74, 6) is -0.281. The summed E-state index contributed by atoms with van der Waals surface area (Å²) in [6.45, 7) is 0.356. The van der Waals surface area contributed by atoms with Crippen molar-refractivity contribution in [2.75, 3.05) is 24.3 Å². The van der Waals surface area contributed by atoms with Crippen LogP contribution in [0.25, 0.3) is 6.08 Å². The molecule has 2 amide bonds. The number of alkyl carbamates (subject to hydrolysis) is 1. The number of amides is 2. The van der Waals surface area contributed by atoms with E-state index in [9.17, 15) is 14.9 Å². The monoisotopic (exact) mass is 513 g/mol. The molecule has 1 atom stereocenters. The number of carbonyl (C=O) groups excluding carboxylic acids is 2. The molecule has 34 heavy (non-hydrogen) atoms. The number of thiazole rings is 1. The molecule has 0 fully saturated rings. The predicted octanol–water partition coefficient (Wildman–Crippen LogP) is 4.64. The minimum Gasteiger partial charge on any atom is -0.446 e. The topological polar surface area (TPSA) is 107 Å². The molecule has 176 valence electrons. The van der Waals surface area contributed by atoms with Crippen LogP contribution in [0.1, 0.15) is 32.2 Å². The van der Waals surface area contributed by atoms with E-state index in [0.717, 1.165) is 25.3 Å². The van der Waals surface area contributed by atoms with Gasteiger partial charge in [0.05, 0.1) is 12.1 Å². The van der Waals surface area contributed by atoms with Crippen LogP contribution in [-0.4, -0.2) is 37.2 Å². The Morgan fingerprint density at radius 2 is 2.24 bits per heavy atom. The molecule has 8 nitrogen and oxygen atoms in total. The summed E-state index contributed by atoms with van der Waals surface area (Å²) in [6.07, 6.45) is 5.97. The summed E-state index contributed by atoms with van der Waals surface area (Å²) in [6, 6.07) is 6.07. The minimum atomic E-state index is -0.474. The van der Waals surface area contributed by atoms with Crippen LogP contribution in [0.4, 0.5) is 14.9 Å².